The Balaban J connectivity index is 1.35. The Labute approximate surface area is 170 Å². The average molecular weight is 416 g/mol. The van der Waals surface area contributed by atoms with Crippen LogP contribution in [-0.4, -0.2) is 62.2 Å². The lowest BCUT2D eigenvalue weighted by Crippen LogP contribution is -2.52. The lowest BCUT2D eigenvalue weighted by molar-refractivity contribution is -0.134. The number of piperazine rings is 1. The Morgan fingerprint density at radius 3 is 2.34 bits per heavy atom. The zero-order valence-corrected chi connectivity index (χ0v) is 17.2. The second kappa shape index (κ2) is 7.76. The Morgan fingerprint density at radius 1 is 1.03 bits per heavy atom. The maximum absolute atomic E-state index is 13.0. The summed E-state index contributed by atoms with van der Waals surface area (Å²) < 4.78 is 27.4. The Morgan fingerprint density at radius 2 is 1.69 bits per heavy atom. The molecule has 2 aromatic carbocycles. The number of fused-ring (bicyclic) bond motifs is 1. The van der Waals surface area contributed by atoms with E-state index >= 15 is 0 Å². The summed E-state index contributed by atoms with van der Waals surface area (Å²) in [5, 5.41) is 4.56. The maximum Gasteiger partial charge on any atom is 0.243 e. The quantitative estimate of drug-likeness (QED) is 0.801. The summed E-state index contributed by atoms with van der Waals surface area (Å²) in [4.78, 5) is 26.1. The van der Waals surface area contributed by atoms with Crippen LogP contribution in [0.4, 0.5) is 0 Å². The van der Waals surface area contributed by atoms with Crippen LogP contribution in [0.15, 0.2) is 47.4 Å². The van der Waals surface area contributed by atoms with E-state index < -0.39 is 10.0 Å². The molecule has 2 fully saturated rings. The van der Waals surface area contributed by atoms with E-state index in [-0.39, 0.29) is 42.3 Å². The fourth-order valence-electron chi connectivity index (χ4n) is 3.75. The molecule has 1 aliphatic carbocycles. The first-order chi connectivity index (χ1) is 13.9. The van der Waals surface area contributed by atoms with Crippen molar-refractivity contribution in [3.8, 4) is 0 Å². The molecule has 2 aliphatic rings. The molecule has 1 N–H and O–H groups in total. The van der Waals surface area contributed by atoms with E-state index in [0.717, 1.165) is 17.2 Å². The lowest BCUT2D eigenvalue weighted by Gasteiger charge is -2.34. The van der Waals surface area contributed by atoms with E-state index in [1.807, 2.05) is 37.3 Å². The summed E-state index contributed by atoms with van der Waals surface area (Å²) in [6.07, 6.45) is 0.880. The summed E-state index contributed by atoms with van der Waals surface area (Å²) in [6, 6.07) is 12.8. The maximum atomic E-state index is 13.0. The molecule has 1 heterocycles. The first-order valence-corrected chi connectivity index (χ1v) is 11.3. The van der Waals surface area contributed by atoms with Crippen molar-refractivity contribution in [3.63, 3.8) is 0 Å². The first-order valence-electron chi connectivity index (χ1n) is 9.91. The number of sulfonamides is 1. The zero-order chi connectivity index (χ0) is 20.6. The van der Waals surface area contributed by atoms with E-state index in [1.54, 1.807) is 17.0 Å². The predicted octanol–water partition coefficient (Wildman–Crippen LogP) is 1.44. The third kappa shape index (κ3) is 4.13. The molecule has 4 rings (SSSR count). The average Bonchev–Trinajstić information content (AvgIpc) is 3.48. The fraction of sp³-hybridized carbons (Fsp3) is 0.429. The summed E-state index contributed by atoms with van der Waals surface area (Å²) in [6.45, 7) is 3.12. The van der Waals surface area contributed by atoms with Crippen molar-refractivity contribution >= 4 is 32.6 Å². The van der Waals surface area contributed by atoms with Gasteiger partial charge in [0.15, 0.2) is 0 Å². The molecule has 8 heteroatoms. The molecule has 1 saturated carbocycles. The second-order valence-corrected chi connectivity index (χ2v) is 9.77. The Hall–Kier alpha value is -2.45. The number of amides is 2. The van der Waals surface area contributed by atoms with Crippen molar-refractivity contribution in [1.29, 1.82) is 0 Å². The second-order valence-electron chi connectivity index (χ2n) is 7.83. The van der Waals surface area contributed by atoms with E-state index in [0.29, 0.717) is 19.0 Å². The molecule has 2 aromatic rings. The van der Waals surface area contributed by atoms with Gasteiger partial charge in [0.25, 0.3) is 0 Å². The summed E-state index contributed by atoms with van der Waals surface area (Å²) in [5.74, 6) is 0.193. The number of carbonyl (C=O) groups is 2. The van der Waals surface area contributed by atoms with Crippen molar-refractivity contribution in [2.45, 2.75) is 18.2 Å². The van der Waals surface area contributed by atoms with Crippen molar-refractivity contribution < 1.29 is 18.0 Å². The highest BCUT2D eigenvalue weighted by Crippen LogP contribution is 2.37. The van der Waals surface area contributed by atoms with Gasteiger partial charge in [0, 0.05) is 32.1 Å². The number of nitrogens with zero attached hydrogens (tertiary/aromatic N) is 2. The van der Waals surface area contributed by atoms with Gasteiger partial charge in [0.2, 0.25) is 21.8 Å². The highest BCUT2D eigenvalue weighted by atomic mass is 32.2. The largest absolute Gasteiger partial charge is 0.347 e. The van der Waals surface area contributed by atoms with Crippen LogP contribution in [0.3, 0.4) is 0 Å². The Kier molecular flexibility index (Phi) is 5.31. The van der Waals surface area contributed by atoms with Crippen LogP contribution in [0.5, 0.6) is 0 Å². The molecule has 0 spiro atoms. The Bertz CT molecular complexity index is 1040. The minimum absolute atomic E-state index is 0.0283. The monoisotopic (exact) mass is 415 g/mol. The van der Waals surface area contributed by atoms with Gasteiger partial charge >= 0.3 is 0 Å². The molecule has 154 valence electrons. The van der Waals surface area contributed by atoms with Gasteiger partial charge in [-0.1, -0.05) is 37.3 Å². The molecule has 1 saturated heterocycles. The zero-order valence-electron chi connectivity index (χ0n) is 16.4. The molecule has 2 amide bonds. The van der Waals surface area contributed by atoms with E-state index in [2.05, 4.69) is 5.32 Å². The smallest absolute Gasteiger partial charge is 0.243 e. The number of carbonyl (C=O) groups excluding carboxylic acids is 2. The van der Waals surface area contributed by atoms with Gasteiger partial charge in [0.05, 0.1) is 11.4 Å². The van der Waals surface area contributed by atoms with Gasteiger partial charge in [-0.3, -0.25) is 9.59 Å². The number of benzene rings is 2. The normalized spacial score (nSPS) is 22.4. The molecule has 0 radical (unpaired) electrons. The predicted molar refractivity (Wildman–Crippen MR) is 110 cm³/mol. The summed E-state index contributed by atoms with van der Waals surface area (Å²) in [5.41, 5.74) is 0. The van der Waals surface area contributed by atoms with E-state index in [1.165, 1.54) is 4.31 Å². The highest BCUT2D eigenvalue weighted by molar-refractivity contribution is 7.89. The summed E-state index contributed by atoms with van der Waals surface area (Å²) in [7, 11) is -3.61. The van der Waals surface area contributed by atoms with E-state index in [9.17, 15) is 18.0 Å². The molecule has 0 aromatic heterocycles. The minimum atomic E-state index is -3.61. The minimum Gasteiger partial charge on any atom is -0.347 e. The topological polar surface area (TPSA) is 86.8 Å². The van der Waals surface area contributed by atoms with Crippen molar-refractivity contribution in [2.75, 3.05) is 32.7 Å². The van der Waals surface area contributed by atoms with Crippen LogP contribution in [0.25, 0.3) is 10.8 Å². The van der Waals surface area contributed by atoms with Crippen LogP contribution < -0.4 is 5.32 Å². The molecular formula is C21H25N3O4S. The van der Waals surface area contributed by atoms with Gasteiger partial charge in [-0.15, -0.1) is 0 Å². The molecule has 0 unspecified atom stereocenters. The molecule has 7 nitrogen and oxygen atoms in total. The number of nitrogens with one attached hydrogen (secondary N) is 1. The molecule has 0 bridgehead atoms. The van der Waals surface area contributed by atoms with Gasteiger partial charge in [-0.2, -0.15) is 4.31 Å². The third-order valence-electron chi connectivity index (χ3n) is 5.81. The van der Waals surface area contributed by atoms with Gasteiger partial charge in [-0.05, 0) is 35.2 Å². The summed E-state index contributed by atoms with van der Waals surface area (Å²) >= 11 is 0. The standard InChI is InChI=1S/C21H25N3O4S/c1-15-12-19(15)21(26)22-14-20(25)23-8-10-24(11-9-23)29(27,28)18-7-6-16-4-2-3-5-17(16)13-18/h2-7,13,15,19H,8-12,14H2,1H3,(H,22,26)/t15-,19+/m1/s1. The SMILES string of the molecule is C[C@@H]1C[C@@H]1C(=O)NCC(=O)N1CCN(S(=O)(=O)c2ccc3ccccc3c2)CC1. The number of hydrogen-bond donors (Lipinski definition) is 1. The molecule has 2 atom stereocenters. The van der Waals surface area contributed by atoms with Crippen LogP contribution >= 0.6 is 0 Å². The van der Waals surface area contributed by atoms with Gasteiger partial charge in [-0.25, -0.2) is 8.42 Å². The van der Waals surface area contributed by atoms with Crippen molar-refractivity contribution in [2.24, 2.45) is 11.8 Å². The number of rotatable bonds is 5. The molecular weight excluding hydrogens is 390 g/mol. The van der Waals surface area contributed by atoms with Crippen LogP contribution in [0.2, 0.25) is 0 Å². The van der Waals surface area contributed by atoms with Crippen LogP contribution in [0, 0.1) is 11.8 Å². The molecule has 1 aliphatic heterocycles. The highest BCUT2D eigenvalue weighted by Gasteiger charge is 2.39. The van der Waals surface area contributed by atoms with Gasteiger partial charge < -0.3 is 10.2 Å². The van der Waals surface area contributed by atoms with Crippen molar-refractivity contribution in [3.05, 3.63) is 42.5 Å². The van der Waals surface area contributed by atoms with Crippen molar-refractivity contribution in [1.82, 2.24) is 14.5 Å². The van der Waals surface area contributed by atoms with Gasteiger partial charge in [0.1, 0.15) is 0 Å². The van der Waals surface area contributed by atoms with Crippen LogP contribution in [-0.2, 0) is 19.6 Å². The lowest BCUT2D eigenvalue weighted by atomic mass is 10.1. The fourth-order valence-corrected chi connectivity index (χ4v) is 5.21. The van der Waals surface area contributed by atoms with Crippen LogP contribution in [0.1, 0.15) is 13.3 Å². The van der Waals surface area contributed by atoms with E-state index in [4.69, 9.17) is 0 Å². The molecule has 29 heavy (non-hydrogen) atoms. The first kappa shape index (κ1) is 19.8. The third-order valence-corrected chi connectivity index (χ3v) is 7.70. The number of hydrogen-bond acceptors (Lipinski definition) is 4.